The van der Waals surface area contributed by atoms with Crippen molar-refractivity contribution < 1.29 is 0 Å². The molecule has 0 unspecified atom stereocenters. The second-order valence-electron chi connectivity index (χ2n) is 5.23. The van der Waals surface area contributed by atoms with Gasteiger partial charge in [0.05, 0.1) is 0 Å². The van der Waals surface area contributed by atoms with Crippen LogP contribution in [0.25, 0.3) is 0 Å². The van der Waals surface area contributed by atoms with Gasteiger partial charge >= 0.3 is 0 Å². The molecule has 0 aliphatic carbocycles. The Morgan fingerprint density at radius 1 is 0.733 bits per heavy atom. The van der Waals surface area contributed by atoms with Gasteiger partial charge in [0, 0.05) is 0 Å². The van der Waals surface area contributed by atoms with E-state index in [1.165, 1.54) is 12.8 Å². The largest absolute Gasteiger partial charge is 0.336 e. The molecule has 0 atom stereocenters. The zero-order valence-corrected chi connectivity index (χ0v) is 13.3. The van der Waals surface area contributed by atoms with Crippen molar-refractivity contribution in [1.29, 1.82) is 0 Å². The van der Waals surface area contributed by atoms with E-state index in [1.807, 2.05) is 0 Å². The van der Waals surface area contributed by atoms with E-state index in [2.05, 4.69) is 54.6 Å². The predicted octanol–water partition coefficient (Wildman–Crippen LogP) is 1.98. The molecule has 3 N–H and O–H groups in total. The lowest BCUT2D eigenvalue weighted by Gasteiger charge is -2.35. The number of rotatable bonds is 8. The molecule has 0 rings (SSSR count). The molecule has 0 aliphatic heterocycles. The van der Waals surface area contributed by atoms with Crippen molar-refractivity contribution >= 4 is 16.8 Å². The van der Waals surface area contributed by atoms with Gasteiger partial charge in [0.25, 0.3) is 0 Å². The molecule has 0 bridgehead atoms. The summed E-state index contributed by atoms with van der Waals surface area (Å²) in [6.07, 6.45) is 2.42. The molecule has 0 aromatic heterocycles. The first-order valence-corrected chi connectivity index (χ1v) is 12.1. The molecule has 0 saturated carbocycles. The topological polar surface area (TPSA) is 36.1 Å². The standard InChI is InChI=1S/C10H29N3Si2/c1-7-9-11-14(3,4)13-15(5,6)12-10-8-2/h11-13H,7-10H2,1-6H3. The molecular formula is C10H29N3Si2. The highest BCUT2D eigenvalue weighted by Crippen LogP contribution is 2.00. The molecule has 0 aromatic rings. The van der Waals surface area contributed by atoms with Crippen molar-refractivity contribution in [1.82, 2.24) is 14.6 Å². The summed E-state index contributed by atoms with van der Waals surface area (Å²) in [5.41, 5.74) is 0. The summed E-state index contributed by atoms with van der Waals surface area (Å²) in [5.74, 6) is 0. The van der Waals surface area contributed by atoms with Gasteiger partial charge in [0.1, 0.15) is 0 Å². The molecule has 5 heteroatoms. The smallest absolute Gasteiger partial charge is 0.189 e. The first-order valence-electron chi connectivity index (χ1n) is 6.12. The number of hydrogen-bond acceptors (Lipinski definition) is 3. The minimum absolute atomic E-state index is 1.13. The second kappa shape index (κ2) is 6.80. The molecule has 0 saturated heterocycles. The average molecular weight is 248 g/mol. The van der Waals surface area contributed by atoms with Gasteiger partial charge in [-0.05, 0) is 52.1 Å². The maximum Gasteiger partial charge on any atom is 0.189 e. The lowest BCUT2D eigenvalue weighted by molar-refractivity contribution is 0.806. The summed E-state index contributed by atoms with van der Waals surface area (Å²) in [6, 6.07) is 0. The fourth-order valence-electron chi connectivity index (χ4n) is 1.74. The van der Waals surface area contributed by atoms with Crippen LogP contribution in [-0.4, -0.2) is 29.9 Å². The van der Waals surface area contributed by atoms with E-state index in [4.69, 9.17) is 0 Å². The van der Waals surface area contributed by atoms with Crippen molar-refractivity contribution in [3.63, 3.8) is 0 Å². The van der Waals surface area contributed by atoms with Crippen LogP contribution in [0.15, 0.2) is 0 Å². The van der Waals surface area contributed by atoms with Crippen LogP contribution in [0.1, 0.15) is 26.7 Å². The van der Waals surface area contributed by atoms with Crippen LogP contribution in [0.4, 0.5) is 0 Å². The van der Waals surface area contributed by atoms with Crippen molar-refractivity contribution in [3.05, 3.63) is 0 Å². The molecule has 0 spiro atoms. The van der Waals surface area contributed by atoms with Crippen molar-refractivity contribution in [3.8, 4) is 0 Å². The Labute approximate surface area is 97.8 Å². The SMILES string of the molecule is CCCN[Si](C)(C)N[Si](C)(C)NCCC. The van der Waals surface area contributed by atoms with E-state index in [0.717, 1.165) is 13.1 Å². The molecule has 92 valence electrons. The van der Waals surface area contributed by atoms with E-state index in [0.29, 0.717) is 0 Å². The van der Waals surface area contributed by atoms with E-state index in [1.54, 1.807) is 0 Å². The van der Waals surface area contributed by atoms with Crippen LogP contribution in [0.2, 0.25) is 26.2 Å². The minimum Gasteiger partial charge on any atom is -0.336 e. The quantitative estimate of drug-likeness (QED) is 0.574. The van der Waals surface area contributed by atoms with Crippen LogP contribution in [0.3, 0.4) is 0 Å². The average Bonchev–Trinajstić information content (AvgIpc) is 2.10. The monoisotopic (exact) mass is 247 g/mol. The lowest BCUT2D eigenvalue weighted by Crippen LogP contribution is -2.71. The van der Waals surface area contributed by atoms with Crippen LogP contribution in [0.5, 0.6) is 0 Å². The molecule has 0 aromatic carbocycles. The summed E-state index contributed by atoms with van der Waals surface area (Å²) in [6.45, 7) is 16.1. The predicted molar refractivity (Wildman–Crippen MR) is 74.7 cm³/mol. The van der Waals surface area contributed by atoms with Gasteiger partial charge in [-0.1, -0.05) is 13.8 Å². The molecule has 3 nitrogen and oxygen atoms in total. The van der Waals surface area contributed by atoms with Crippen molar-refractivity contribution in [2.75, 3.05) is 13.1 Å². The number of nitrogens with one attached hydrogen (secondary N) is 3. The normalized spacial score (nSPS) is 13.2. The molecule has 0 aliphatic rings. The lowest BCUT2D eigenvalue weighted by atomic mass is 10.5. The van der Waals surface area contributed by atoms with Crippen LogP contribution < -0.4 is 14.6 Å². The van der Waals surface area contributed by atoms with Gasteiger partial charge < -0.3 is 14.6 Å². The van der Waals surface area contributed by atoms with Gasteiger partial charge in [0.15, 0.2) is 16.8 Å². The van der Waals surface area contributed by atoms with Crippen LogP contribution in [-0.2, 0) is 0 Å². The zero-order chi connectivity index (χ0) is 11.9. The summed E-state index contributed by atoms with van der Waals surface area (Å²) < 4.78 is 3.86. The molecule has 0 amide bonds. The van der Waals surface area contributed by atoms with Crippen molar-refractivity contribution in [2.45, 2.75) is 52.9 Å². The molecular weight excluding hydrogens is 218 g/mol. The zero-order valence-electron chi connectivity index (χ0n) is 11.3. The van der Waals surface area contributed by atoms with Gasteiger partial charge in [-0.15, -0.1) is 0 Å². The number of hydrogen-bond donors (Lipinski definition) is 3. The Balaban J connectivity index is 4.04. The molecule has 15 heavy (non-hydrogen) atoms. The third-order valence-corrected chi connectivity index (χ3v) is 9.53. The van der Waals surface area contributed by atoms with Gasteiger partial charge in [0.2, 0.25) is 0 Å². The Hall–Kier alpha value is 0.314. The molecule has 0 fully saturated rings. The van der Waals surface area contributed by atoms with E-state index in [-0.39, 0.29) is 0 Å². The maximum atomic E-state index is 3.86. The van der Waals surface area contributed by atoms with Crippen LogP contribution >= 0.6 is 0 Å². The summed E-state index contributed by atoms with van der Waals surface area (Å²) in [4.78, 5) is 7.33. The third kappa shape index (κ3) is 8.16. The van der Waals surface area contributed by atoms with E-state index < -0.39 is 16.8 Å². The third-order valence-electron chi connectivity index (χ3n) is 2.26. The Morgan fingerprint density at radius 2 is 1.07 bits per heavy atom. The first-order chi connectivity index (χ1) is 6.83. The molecule has 0 radical (unpaired) electrons. The Bertz CT molecular complexity index is 154. The van der Waals surface area contributed by atoms with E-state index in [9.17, 15) is 0 Å². The maximum absolute atomic E-state index is 3.86. The summed E-state index contributed by atoms with van der Waals surface area (Å²) in [5, 5.41) is 0. The highest BCUT2D eigenvalue weighted by molar-refractivity contribution is 6.88. The fourth-order valence-corrected chi connectivity index (χ4v) is 10.5. The van der Waals surface area contributed by atoms with Crippen molar-refractivity contribution in [2.24, 2.45) is 0 Å². The first kappa shape index (κ1) is 15.3. The van der Waals surface area contributed by atoms with Gasteiger partial charge in [-0.3, -0.25) is 0 Å². The van der Waals surface area contributed by atoms with Gasteiger partial charge in [-0.25, -0.2) is 0 Å². The van der Waals surface area contributed by atoms with Crippen LogP contribution in [0, 0.1) is 0 Å². The Morgan fingerprint density at radius 3 is 1.33 bits per heavy atom. The van der Waals surface area contributed by atoms with Gasteiger partial charge in [-0.2, -0.15) is 0 Å². The molecule has 0 heterocycles. The summed E-state index contributed by atoms with van der Waals surface area (Å²) in [7, 11) is -2.82. The van der Waals surface area contributed by atoms with E-state index >= 15 is 0 Å². The fraction of sp³-hybridized carbons (Fsp3) is 1.00. The summed E-state index contributed by atoms with van der Waals surface area (Å²) >= 11 is 0. The highest BCUT2D eigenvalue weighted by atomic mass is 28.4. The Kier molecular flexibility index (Phi) is 6.94. The second-order valence-corrected chi connectivity index (χ2v) is 13.4. The highest BCUT2D eigenvalue weighted by Gasteiger charge is 2.30. The minimum atomic E-state index is -1.41.